The van der Waals surface area contributed by atoms with Crippen molar-refractivity contribution in [3.63, 3.8) is 0 Å². The second kappa shape index (κ2) is 5.36. The Kier molecular flexibility index (Phi) is 4.30. The minimum absolute atomic E-state index is 0.262. The molecule has 0 aliphatic carbocycles. The van der Waals surface area contributed by atoms with Crippen molar-refractivity contribution in [2.45, 2.75) is 4.90 Å². The molecule has 10 heteroatoms. The lowest BCUT2D eigenvalue weighted by Crippen LogP contribution is -2.28. The molecular weight excluding hydrogens is 287 g/mol. The van der Waals surface area contributed by atoms with Crippen molar-refractivity contribution >= 4 is 26.1 Å². The van der Waals surface area contributed by atoms with Crippen LogP contribution in [0.25, 0.3) is 0 Å². The van der Waals surface area contributed by atoms with Gasteiger partial charge in [-0.3, -0.25) is 0 Å². The van der Waals surface area contributed by atoms with Crippen molar-refractivity contribution in [1.82, 2.24) is 4.72 Å². The summed E-state index contributed by atoms with van der Waals surface area (Å²) in [7, 11) is -8.36. The second-order valence-electron chi connectivity index (χ2n) is 3.01. The van der Waals surface area contributed by atoms with Crippen LogP contribution in [0.15, 0.2) is 33.6 Å². The van der Waals surface area contributed by atoms with E-state index < -0.39 is 31.7 Å². The van der Waals surface area contributed by atoms with Crippen LogP contribution in [0.2, 0.25) is 0 Å². The number of carbonyl (C=O) groups excluding carboxylic acids is 1. The van der Waals surface area contributed by atoms with Gasteiger partial charge in [0.25, 0.3) is 6.08 Å². The van der Waals surface area contributed by atoms with Gasteiger partial charge in [-0.25, -0.2) is 17.6 Å². The van der Waals surface area contributed by atoms with E-state index in [2.05, 4.69) is 4.40 Å². The molecular formula is C8H7FN2O5S2. The molecule has 0 atom stereocenters. The Morgan fingerprint density at radius 1 is 1.17 bits per heavy atom. The van der Waals surface area contributed by atoms with E-state index in [0.717, 1.165) is 30.3 Å². The summed E-state index contributed by atoms with van der Waals surface area (Å²) >= 11 is 0. The zero-order valence-electron chi connectivity index (χ0n) is 8.70. The summed E-state index contributed by atoms with van der Waals surface area (Å²) in [6.07, 6.45) is 0.772. The fourth-order valence-corrected chi connectivity index (χ4v) is 3.06. The standard InChI is InChI=1S/C8H7FN2O5S2/c9-7-1-3-8(4-2-7)17(13,14)6-11-18(15,16)10-5-12/h1-4,11H,6H2. The van der Waals surface area contributed by atoms with Crippen LogP contribution < -0.4 is 4.72 Å². The number of nitrogens with one attached hydrogen (secondary N) is 1. The molecule has 0 spiro atoms. The Hall–Kier alpha value is -1.61. The highest BCUT2D eigenvalue weighted by atomic mass is 32.2. The van der Waals surface area contributed by atoms with Gasteiger partial charge in [-0.1, -0.05) is 4.40 Å². The minimum Gasteiger partial charge on any atom is -0.222 e. The molecule has 1 aromatic rings. The van der Waals surface area contributed by atoms with E-state index in [1.165, 1.54) is 0 Å². The molecule has 1 rings (SSSR count). The molecule has 7 nitrogen and oxygen atoms in total. The van der Waals surface area contributed by atoms with Gasteiger partial charge in [0.05, 0.1) is 4.90 Å². The summed E-state index contributed by atoms with van der Waals surface area (Å²) in [5, 5.41) is 0. The highest BCUT2D eigenvalue weighted by molar-refractivity contribution is 7.93. The van der Waals surface area contributed by atoms with E-state index in [-0.39, 0.29) is 4.90 Å². The third kappa shape index (κ3) is 4.00. The molecule has 18 heavy (non-hydrogen) atoms. The number of halogens is 1. The Morgan fingerprint density at radius 3 is 2.22 bits per heavy atom. The lowest BCUT2D eigenvalue weighted by molar-refractivity contribution is 0.561. The average Bonchev–Trinajstić information content (AvgIpc) is 2.27. The average molecular weight is 294 g/mol. The van der Waals surface area contributed by atoms with Crippen LogP contribution in [0.3, 0.4) is 0 Å². The third-order valence-electron chi connectivity index (χ3n) is 1.76. The first-order valence-electron chi connectivity index (χ1n) is 4.34. The molecule has 0 saturated heterocycles. The van der Waals surface area contributed by atoms with Crippen LogP contribution >= 0.6 is 0 Å². The summed E-state index contributed by atoms with van der Waals surface area (Å²) in [6, 6.07) is 3.82. The number of rotatable bonds is 5. The summed E-state index contributed by atoms with van der Waals surface area (Å²) in [5.41, 5.74) is 0. The predicted octanol–water partition coefficient (Wildman–Crippen LogP) is -0.273. The molecule has 0 aliphatic heterocycles. The molecule has 0 amide bonds. The first-order valence-corrected chi connectivity index (χ1v) is 7.43. The number of isocyanates is 1. The van der Waals surface area contributed by atoms with Gasteiger partial charge in [-0.05, 0) is 24.3 Å². The van der Waals surface area contributed by atoms with Crippen LogP contribution in [-0.2, 0) is 24.8 Å². The normalized spacial score (nSPS) is 11.8. The van der Waals surface area contributed by atoms with Crippen molar-refractivity contribution < 1.29 is 26.0 Å². The smallest absolute Gasteiger partial charge is 0.222 e. The summed E-state index contributed by atoms with van der Waals surface area (Å²) in [5.74, 6) is -1.62. The molecule has 0 saturated carbocycles. The zero-order valence-corrected chi connectivity index (χ0v) is 10.3. The predicted molar refractivity (Wildman–Crippen MR) is 58.6 cm³/mol. The Labute approximate surface area is 102 Å². The van der Waals surface area contributed by atoms with Gasteiger partial charge in [0.1, 0.15) is 11.7 Å². The SMILES string of the molecule is O=C=NS(=O)(=O)NCS(=O)(=O)c1ccc(F)cc1. The topological polar surface area (TPSA) is 110 Å². The van der Waals surface area contributed by atoms with Crippen LogP contribution in [0.4, 0.5) is 4.39 Å². The molecule has 0 heterocycles. The monoisotopic (exact) mass is 294 g/mol. The van der Waals surface area contributed by atoms with Crippen LogP contribution in [0.1, 0.15) is 0 Å². The highest BCUT2D eigenvalue weighted by Gasteiger charge is 2.18. The van der Waals surface area contributed by atoms with E-state index in [1.807, 2.05) is 0 Å². The number of sulfone groups is 1. The van der Waals surface area contributed by atoms with Crippen molar-refractivity contribution in [1.29, 1.82) is 0 Å². The first-order chi connectivity index (χ1) is 8.27. The van der Waals surface area contributed by atoms with Gasteiger partial charge in [-0.15, -0.1) is 0 Å². The second-order valence-corrected chi connectivity index (χ2v) is 6.43. The Morgan fingerprint density at radius 2 is 1.72 bits per heavy atom. The molecule has 0 radical (unpaired) electrons. The van der Waals surface area contributed by atoms with Crippen molar-refractivity contribution in [2.24, 2.45) is 4.40 Å². The van der Waals surface area contributed by atoms with E-state index in [4.69, 9.17) is 0 Å². The lowest BCUT2D eigenvalue weighted by atomic mass is 10.4. The number of benzene rings is 1. The molecule has 0 aliphatic rings. The fraction of sp³-hybridized carbons (Fsp3) is 0.125. The molecule has 1 aromatic carbocycles. The fourth-order valence-electron chi connectivity index (χ4n) is 0.959. The molecule has 1 N–H and O–H groups in total. The van der Waals surface area contributed by atoms with E-state index in [0.29, 0.717) is 0 Å². The maximum Gasteiger partial charge on any atom is 0.331 e. The molecule has 0 bridgehead atoms. The summed E-state index contributed by atoms with van der Waals surface area (Å²) < 4.78 is 61.6. The van der Waals surface area contributed by atoms with Crippen molar-refractivity contribution in [3.8, 4) is 0 Å². The summed E-state index contributed by atoms with van der Waals surface area (Å²) in [4.78, 5) is 9.49. The Bertz CT molecular complexity index is 675. The van der Waals surface area contributed by atoms with Crippen molar-refractivity contribution in [3.05, 3.63) is 30.1 Å². The van der Waals surface area contributed by atoms with Crippen LogP contribution in [0.5, 0.6) is 0 Å². The number of hydrogen-bond donors (Lipinski definition) is 1. The largest absolute Gasteiger partial charge is 0.331 e. The van der Waals surface area contributed by atoms with Crippen molar-refractivity contribution in [2.75, 3.05) is 5.88 Å². The van der Waals surface area contributed by atoms with Gasteiger partial charge in [0.2, 0.25) is 0 Å². The van der Waals surface area contributed by atoms with E-state index >= 15 is 0 Å². The van der Waals surface area contributed by atoms with Gasteiger partial charge < -0.3 is 0 Å². The number of hydrogen-bond acceptors (Lipinski definition) is 5. The highest BCUT2D eigenvalue weighted by Crippen LogP contribution is 2.11. The van der Waals surface area contributed by atoms with Crippen LogP contribution in [0, 0.1) is 5.82 Å². The van der Waals surface area contributed by atoms with Gasteiger partial charge in [-0.2, -0.15) is 13.1 Å². The Balaban J connectivity index is 2.90. The minimum atomic E-state index is -4.38. The molecule has 0 unspecified atom stereocenters. The maximum absolute atomic E-state index is 12.6. The maximum atomic E-state index is 12.6. The van der Waals surface area contributed by atoms with Gasteiger partial charge in [0.15, 0.2) is 9.84 Å². The number of nitrogens with zero attached hydrogens (tertiary/aromatic N) is 1. The molecule has 0 aromatic heterocycles. The van der Waals surface area contributed by atoms with E-state index in [9.17, 15) is 26.0 Å². The first kappa shape index (κ1) is 14.5. The van der Waals surface area contributed by atoms with Gasteiger partial charge >= 0.3 is 10.2 Å². The van der Waals surface area contributed by atoms with Gasteiger partial charge in [0, 0.05) is 0 Å². The van der Waals surface area contributed by atoms with E-state index in [1.54, 1.807) is 4.72 Å². The molecule has 98 valence electrons. The third-order valence-corrected chi connectivity index (χ3v) is 4.28. The summed E-state index contributed by atoms with van der Waals surface area (Å²) in [6.45, 7) is 0. The zero-order chi connectivity index (χ0) is 13.8. The quantitative estimate of drug-likeness (QED) is 0.456. The molecule has 0 fully saturated rings. The van der Waals surface area contributed by atoms with Crippen LogP contribution in [-0.4, -0.2) is 28.8 Å². The lowest BCUT2D eigenvalue weighted by Gasteiger charge is -2.04.